The number of aromatic hydroxyl groups is 1. The van der Waals surface area contributed by atoms with Crippen LogP contribution in [0.25, 0.3) is 11.1 Å². The van der Waals surface area contributed by atoms with Gasteiger partial charge in [-0.1, -0.05) is 6.07 Å². The maximum absolute atomic E-state index is 13.4. The van der Waals surface area contributed by atoms with Crippen molar-refractivity contribution in [2.24, 2.45) is 0 Å². The first-order chi connectivity index (χ1) is 8.09. The van der Waals surface area contributed by atoms with Crippen LogP contribution in [-0.4, -0.2) is 21.2 Å². The summed E-state index contributed by atoms with van der Waals surface area (Å²) in [6.07, 6.45) is 2.45. The number of hydrogen-bond acceptors (Lipinski definition) is 3. The molecule has 2 aromatic rings. The Morgan fingerprint density at radius 1 is 1.29 bits per heavy atom. The fourth-order valence-electron chi connectivity index (χ4n) is 1.48. The topological polar surface area (TPSA) is 70.4 Å². The van der Waals surface area contributed by atoms with Crippen LogP contribution in [0.3, 0.4) is 0 Å². The second kappa shape index (κ2) is 4.21. The average Bonchev–Trinajstić information content (AvgIpc) is 2.30. The molecule has 0 amide bonds. The Morgan fingerprint density at radius 2 is 2.06 bits per heavy atom. The van der Waals surface area contributed by atoms with Gasteiger partial charge in [0.2, 0.25) is 0 Å². The molecular formula is C12H8FNO3. The monoisotopic (exact) mass is 233 g/mol. The molecule has 1 aromatic heterocycles. The minimum Gasteiger partial charge on any atom is -0.507 e. The number of carboxylic acids is 1. The maximum Gasteiger partial charge on any atom is 0.339 e. The zero-order valence-electron chi connectivity index (χ0n) is 8.59. The van der Waals surface area contributed by atoms with Gasteiger partial charge in [0.05, 0.1) is 6.20 Å². The number of nitrogens with zero attached hydrogens (tertiary/aromatic N) is 1. The Bertz CT molecular complexity index is 584. The van der Waals surface area contributed by atoms with Crippen LogP contribution in [-0.2, 0) is 0 Å². The highest BCUT2D eigenvalue weighted by atomic mass is 19.1. The summed E-state index contributed by atoms with van der Waals surface area (Å²) < 4.78 is 13.4. The molecule has 2 N–H and O–H groups in total. The Hall–Kier alpha value is -2.43. The Balaban J connectivity index is 2.58. The molecule has 5 heteroatoms. The first-order valence-corrected chi connectivity index (χ1v) is 4.76. The third-order valence-electron chi connectivity index (χ3n) is 2.31. The van der Waals surface area contributed by atoms with Crippen molar-refractivity contribution in [2.75, 3.05) is 0 Å². The zero-order valence-corrected chi connectivity index (χ0v) is 8.59. The van der Waals surface area contributed by atoms with Crippen LogP contribution < -0.4 is 0 Å². The standard InChI is InChI=1S/C12H8FNO3/c13-10-6-14-4-3-8(10)7-1-2-11(15)9(5-7)12(16)17/h1-6,15H,(H,16,17). The van der Waals surface area contributed by atoms with Crippen LogP contribution in [0.1, 0.15) is 10.4 Å². The molecule has 4 nitrogen and oxygen atoms in total. The number of rotatable bonds is 2. The van der Waals surface area contributed by atoms with Gasteiger partial charge in [-0.25, -0.2) is 9.18 Å². The van der Waals surface area contributed by atoms with Crippen LogP contribution in [0.5, 0.6) is 5.75 Å². The van der Waals surface area contributed by atoms with Gasteiger partial charge in [0, 0.05) is 11.8 Å². The number of aromatic nitrogens is 1. The molecule has 0 unspecified atom stereocenters. The summed E-state index contributed by atoms with van der Waals surface area (Å²) in [5.74, 6) is -2.16. The molecule has 0 fully saturated rings. The van der Waals surface area contributed by atoms with Gasteiger partial charge in [-0.15, -0.1) is 0 Å². The maximum atomic E-state index is 13.4. The molecule has 0 radical (unpaired) electrons. The first kappa shape index (κ1) is 11.1. The summed E-state index contributed by atoms with van der Waals surface area (Å²) in [7, 11) is 0. The lowest BCUT2D eigenvalue weighted by atomic mass is 10.0. The van der Waals surface area contributed by atoms with E-state index >= 15 is 0 Å². The van der Waals surface area contributed by atoms with Crippen LogP contribution in [0.4, 0.5) is 4.39 Å². The van der Waals surface area contributed by atoms with Crippen molar-refractivity contribution < 1.29 is 19.4 Å². The lowest BCUT2D eigenvalue weighted by Crippen LogP contribution is -1.97. The van der Waals surface area contributed by atoms with E-state index in [-0.39, 0.29) is 16.9 Å². The van der Waals surface area contributed by atoms with Gasteiger partial charge < -0.3 is 10.2 Å². The van der Waals surface area contributed by atoms with Crippen molar-refractivity contribution in [1.82, 2.24) is 4.98 Å². The number of benzene rings is 1. The SMILES string of the molecule is O=C(O)c1cc(-c2ccncc2F)ccc1O. The molecule has 0 aliphatic heterocycles. The predicted octanol–water partition coefficient (Wildman–Crippen LogP) is 2.29. The molecule has 86 valence electrons. The van der Waals surface area contributed by atoms with E-state index in [1.807, 2.05) is 0 Å². The summed E-state index contributed by atoms with van der Waals surface area (Å²) in [5, 5.41) is 18.2. The van der Waals surface area contributed by atoms with Gasteiger partial charge in [-0.05, 0) is 23.8 Å². The lowest BCUT2D eigenvalue weighted by Gasteiger charge is -2.05. The highest BCUT2D eigenvalue weighted by molar-refractivity contribution is 5.92. The number of carboxylic acid groups (broad SMARTS) is 1. The van der Waals surface area contributed by atoms with Crippen molar-refractivity contribution in [3.63, 3.8) is 0 Å². The van der Waals surface area contributed by atoms with Crippen LogP contribution >= 0.6 is 0 Å². The predicted molar refractivity (Wildman–Crippen MR) is 58.3 cm³/mol. The van der Waals surface area contributed by atoms with E-state index in [9.17, 15) is 14.3 Å². The molecule has 0 atom stereocenters. The van der Waals surface area contributed by atoms with E-state index in [4.69, 9.17) is 5.11 Å². The number of pyridine rings is 1. The van der Waals surface area contributed by atoms with Crippen molar-refractivity contribution in [3.8, 4) is 16.9 Å². The number of aromatic carboxylic acids is 1. The van der Waals surface area contributed by atoms with E-state index in [1.165, 1.54) is 30.5 Å². The number of phenols is 1. The van der Waals surface area contributed by atoms with E-state index in [2.05, 4.69) is 4.98 Å². The first-order valence-electron chi connectivity index (χ1n) is 4.76. The lowest BCUT2D eigenvalue weighted by molar-refractivity contribution is 0.0694. The van der Waals surface area contributed by atoms with Gasteiger partial charge in [-0.3, -0.25) is 4.98 Å². The molecule has 0 aliphatic rings. The normalized spacial score (nSPS) is 10.2. The Kier molecular flexibility index (Phi) is 2.74. The highest BCUT2D eigenvalue weighted by Crippen LogP contribution is 2.27. The van der Waals surface area contributed by atoms with Gasteiger partial charge in [0.15, 0.2) is 0 Å². The molecule has 1 aromatic carbocycles. The summed E-state index contributed by atoms with van der Waals surface area (Å²) in [5.41, 5.74) is 0.348. The van der Waals surface area contributed by atoms with Gasteiger partial charge in [-0.2, -0.15) is 0 Å². The minimum absolute atomic E-state index is 0.238. The van der Waals surface area contributed by atoms with E-state index < -0.39 is 11.8 Å². The summed E-state index contributed by atoms with van der Waals surface area (Å²) in [4.78, 5) is 14.4. The average molecular weight is 233 g/mol. The third kappa shape index (κ3) is 2.08. The van der Waals surface area contributed by atoms with Gasteiger partial charge in [0.1, 0.15) is 17.1 Å². The van der Waals surface area contributed by atoms with Gasteiger partial charge in [0.25, 0.3) is 0 Å². The summed E-state index contributed by atoms with van der Waals surface area (Å²) in [6.45, 7) is 0. The fraction of sp³-hybridized carbons (Fsp3) is 0. The molecular weight excluding hydrogens is 225 g/mol. The summed E-state index contributed by atoms with van der Waals surface area (Å²) in [6, 6.07) is 5.32. The molecule has 0 bridgehead atoms. The summed E-state index contributed by atoms with van der Waals surface area (Å²) >= 11 is 0. The zero-order chi connectivity index (χ0) is 12.4. The molecule has 0 saturated carbocycles. The fourth-order valence-corrected chi connectivity index (χ4v) is 1.48. The third-order valence-corrected chi connectivity index (χ3v) is 2.31. The Morgan fingerprint density at radius 3 is 2.71 bits per heavy atom. The second-order valence-corrected chi connectivity index (χ2v) is 3.39. The molecule has 17 heavy (non-hydrogen) atoms. The van der Waals surface area contributed by atoms with Crippen molar-refractivity contribution in [3.05, 3.63) is 48.0 Å². The number of halogens is 1. The largest absolute Gasteiger partial charge is 0.507 e. The van der Waals surface area contributed by atoms with Gasteiger partial charge >= 0.3 is 5.97 Å². The molecule has 0 aliphatic carbocycles. The van der Waals surface area contributed by atoms with Crippen LogP contribution in [0.2, 0.25) is 0 Å². The minimum atomic E-state index is -1.26. The second-order valence-electron chi connectivity index (χ2n) is 3.39. The molecule has 0 saturated heterocycles. The van der Waals surface area contributed by atoms with E-state index in [0.29, 0.717) is 5.56 Å². The van der Waals surface area contributed by atoms with Crippen molar-refractivity contribution >= 4 is 5.97 Å². The Labute approximate surface area is 96.0 Å². The van der Waals surface area contributed by atoms with Crippen molar-refractivity contribution in [1.29, 1.82) is 0 Å². The van der Waals surface area contributed by atoms with E-state index in [0.717, 1.165) is 6.20 Å². The number of hydrogen-bond donors (Lipinski definition) is 2. The quantitative estimate of drug-likeness (QED) is 0.834. The smallest absolute Gasteiger partial charge is 0.339 e. The highest BCUT2D eigenvalue weighted by Gasteiger charge is 2.12. The van der Waals surface area contributed by atoms with E-state index in [1.54, 1.807) is 0 Å². The molecule has 0 spiro atoms. The van der Waals surface area contributed by atoms with Crippen LogP contribution in [0.15, 0.2) is 36.7 Å². The van der Waals surface area contributed by atoms with Crippen molar-refractivity contribution in [2.45, 2.75) is 0 Å². The van der Waals surface area contributed by atoms with Crippen LogP contribution in [0, 0.1) is 5.82 Å². The number of carbonyl (C=O) groups is 1. The molecule has 2 rings (SSSR count). The molecule has 1 heterocycles.